The number of aromatic amines is 1. The fraction of sp³-hybridized carbons (Fsp3) is 0.333. The first-order chi connectivity index (χ1) is 12.9. The van der Waals surface area contributed by atoms with Crippen LogP contribution < -0.4 is 0 Å². The van der Waals surface area contributed by atoms with Gasteiger partial charge < -0.3 is 19.0 Å². The summed E-state index contributed by atoms with van der Waals surface area (Å²) in [6.45, 7) is 6.77. The van der Waals surface area contributed by atoms with E-state index in [1.54, 1.807) is 6.07 Å². The number of aryl methyl sites for hydroxylation is 2. The van der Waals surface area contributed by atoms with Crippen LogP contribution in [0.15, 0.2) is 22.6 Å². The Morgan fingerprint density at radius 3 is 2.63 bits per heavy atom. The molecule has 0 aliphatic carbocycles. The average Bonchev–Trinajstić information content (AvgIpc) is 3.15. The molecular formula is C21H22N2O4. The molecule has 2 aromatic heterocycles. The maximum absolute atomic E-state index is 13.1. The Morgan fingerprint density at radius 2 is 1.96 bits per heavy atom. The number of rotatable bonds is 2. The van der Waals surface area contributed by atoms with Crippen molar-refractivity contribution in [2.45, 2.75) is 33.7 Å². The predicted octanol–water partition coefficient (Wildman–Crippen LogP) is 3.67. The van der Waals surface area contributed by atoms with Gasteiger partial charge in [-0.25, -0.2) is 4.79 Å². The molecule has 0 fully saturated rings. The zero-order valence-corrected chi connectivity index (χ0v) is 15.9. The molecule has 3 aromatic rings. The van der Waals surface area contributed by atoms with Gasteiger partial charge in [0.25, 0.3) is 5.91 Å². The molecular weight excluding hydrogens is 344 g/mol. The summed E-state index contributed by atoms with van der Waals surface area (Å²) in [6, 6.07) is 5.47. The van der Waals surface area contributed by atoms with E-state index in [2.05, 4.69) is 4.98 Å². The Morgan fingerprint density at radius 1 is 1.19 bits per heavy atom. The SMILES string of the molecule is COC(=O)c1ccc2[nH]c3c(c2c1)CN(C(=O)c1c(C)oc(C)c1C)CC3. The second-order valence-corrected chi connectivity index (χ2v) is 7.03. The molecule has 3 heterocycles. The molecule has 1 aliphatic heterocycles. The van der Waals surface area contributed by atoms with Crippen LogP contribution in [0, 0.1) is 20.8 Å². The summed E-state index contributed by atoms with van der Waals surface area (Å²) < 4.78 is 10.5. The van der Waals surface area contributed by atoms with Crippen molar-refractivity contribution in [2.75, 3.05) is 13.7 Å². The highest BCUT2D eigenvalue weighted by molar-refractivity contribution is 5.98. The predicted molar refractivity (Wildman–Crippen MR) is 101 cm³/mol. The van der Waals surface area contributed by atoms with E-state index in [0.717, 1.165) is 39.9 Å². The molecule has 0 saturated carbocycles. The molecule has 0 spiro atoms. The minimum Gasteiger partial charge on any atom is -0.466 e. The number of ether oxygens (including phenoxy) is 1. The minimum absolute atomic E-state index is 0.00836. The van der Waals surface area contributed by atoms with Crippen molar-refractivity contribution in [3.63, 3.8) is 0 Å². The number of hydrogen-bond acceptors (Lipinski definition) is 4. The molecule has 0 unspecified atom stereocenters. The van der Waals surface area contributed by atoms with Gasteiger partial charge in [-0.1, -0.05) is 0 Å². The molecule has 27 heavy (non-hydrogen) atoms. The Hall–Kier alpha value is -3.02. The molecule has 6 heteroatoms. The molecule has 1 aliphatic rings. The van der Waals surface area contributed by atoms with Gasteiger partial charge in [-0.2, -0.15) is 0 Å². The van der Waals surface area contributed by atoms with Gasteiger partial charge in [0, 0.05) is 47.2 Å². The van der Waals surface area contributed by atoms with Crippen molar-refractivity contribution < 1.29 is 18.7 Å². The van der Waals surface area contributed by atoms with E-state index in [0.29, 0.717) is 30.0 Å². The van der Waals surface area contributed by atoms with E-state index in [4.69, 9.17) is 9.15 Å². The summed E-state index contributed by atoms with van der Waals surface area (Å²) in [4.78, 5) is 30.3. The van der Waals surface area contributed by atoms with Gasteiger partial charge in [-0.05, 0) is 39.0 Å². The number of benzene rings is 1. The van der Waals surface area contributed by atoms with Crippen molar-refractivity contribution in [1.29, 1.82) is 0 Å². The lowest BCUT2D eigenvalue weighted by Gasteiger charge is -2.27. The number of aromatic nitrogens is 1. The number of furan rings is 1. The highest BCUT2D eigenvalue weighted by Crippen LogP contribution is 2.31. The van der Waals surface area contributed by atoms with E-state index in [9.17, 15) is 9.59 Å². The van der Waals surface area contributed by atoms with E-state index in [1.165, 1.54) is 7.11 Å². The summed E-state index contributed by atoms with van der Waals surface area (Å²) in [7, 11) is 1.37. The highest BCUT2D eigenvalue weighted by atomic mass is 16.5. The molecule has 0 bridgehead atoms. The number of fused-ring (bicyclic) bond motifs is 3. The molecule has 6 nitrogen and oxygen atoms in total. The Bertz CT molecular complexity index is 1070. The number of esters is 1. The maximum Gasteiger partial charge on any atom is 0.337 e. The molecule has 1 aromatic carbocycles. The Kier molecular flexibility index (Phi) is 4.06. The summed E-state index contributed by atoms with van der Waals surface area (Å²) in [5, 5.41) is 0.960. The monoisotopic (exact) mass is 366 g/mol. The first kappa shape index (κ1) is 17.4. The minimum atomic E-state index is -0.365. The number of methoxy groups -OCH3 is 1. The number of H-pyrrole nitrogens is 1. The lowest BCUT2D eigenvalue weighted by molar-refractivity contribution is 0.0600. The van der Waals surface area contributed by atoms with Crippen LogP contribution in [0.2, 0.25) is 0 Å². The molecule has 0 saturated heterocycles. The molecule has 1 N–H and O–H groups in total. The highest BCUT2D eigenvalue weighted by Gasteiger charge is 2.28. The van der Waals surface area contributed by atoms with Gasteiger partial charge in [0.15, 0.2) is 0 Å². The fourth-order valence-electron chi connectivity index (χ4n) is 3.90. The van der Waals surface area contributed by atoms with Gasteiger partial charge in [0.05, 0.1) is 18.2 Å². The number of nitrogens with zero attached hydrogens (tertiary/aromatic N) is 1. The van der Waals surface area contributed by atoms with Crippen LogP contribution in [-0.2, 0) is 17.7 Å². The summed E-state index contributed by atoms with van der Waals surface area (Å²) in [5.41, 5.74) is 5.21. The van der Waals surface area contributed by atoms with E-state index >= 15 is 0 Å². The Labute approximate surface area is 157 Å². The van der Waals surface area contributed by atoms with Crippen molar-refractivity contribution >= 4 is 22.8 Å². The zero-order valence-electron chi connectivity index (χ0n) is 15.9. The topological polar surface area (TPSA) is 75.5 Å². The first-order valence-corrected chi connectivity index (χ1v) is 8.98. The molecule has 4 rings (SSSR count). The van der Waals surface area contributed by atoms with Crippen molar-refractivity contribution in [2.24, 2.45) is 0 Å². The lowest BCUT2D eigenvalue weighted by Crippen LogP contribution is -2.36. The normalized spacial score (nSPS) is 13.7. The Balaban J connectivity index is 1.71. The molecule has 140 valence electrons. The van der Waals surface area contributed by atoms with Crippen LogP contribution in [0.1, 0.15) is 49.1 Å². The average molecular weight is 366 g/mol. The van der Waals surface area contributed by atoms with E-state index in [-0.39, 0.29) is 11.9 Å². The standard InChI is InChI=1S/C21H22N2O4/c1-11-12(2)27-13(3)19(11)20(24)23-8-7-18-16(10-23)15-9-14(21(25)26-4)5-6-17(15)22-18/h5-6,9,22H,7-8,10H2,1-4H3. The number of carbonyl (C=O) groups is 2. The maximum atomic E-state index is 13.1. The van der Waals surface area contributed by atoms with Crippen molar-refractivity contribution in [3.05, 3.63) is 57.7 Å². The van der Waals surface area contributed by atoms with Crippen LogP contribution in [-0.4, -0.2) is 35.4 Å². The molecule has 0 atom stereocenters. The van der Waals surface area contributed by atoms with Gasteiger partial charge in [-0.3, -0.25) is 4.79 Å². The van der Waals surface area contributed by atoms with Crippen LogP contribution in [0.5, 0.6) is 0 Å². The van der Waals surface area contributed by atoms with Gasteiger partial charge in [0.1, 0.15) is 11.5 Å². The van der Waals surface area contributed by atoms with E-state index < -0.39 is 0 Å². The van der Waals surface area contributed by atoms with Crippen LogP contribution in [0.3, 0.4) is 0 Å². The first-order valence-electron chi connectivity index (χ1n) is 8.98. The smallest absolute Gasteiger partial charge is 0.337 e. The fourth-order valence-corrected chi connectivity index (χ4v) is 3.90. The summed E-state index contributed by atoms with van der Waals surface area (Å²) >= 11 is 0. The van der Waals surface area contributed by atoms with Crippen LogP contribution in [0.25, 0.3) is 10.9 Å². The second-order valence-electron chi connectivity index (χ2n) is 7.03. The number of hydrogen-bond donors (Lipinski definition) is 1. The third-order valence-electron chi connectivity index (χ3n) is 5.46. The van der Waals surface area contributed by atoms with Crippen molar-refractivity contribution in [3.8, 4) is 0 Å². The number of carbonyl (C=O) groups excluding carboxylic acids is 2. The molecule has 1 amide bonds. The number of amides is 1. The van der Waals surface area contributed by atoms with Crippen molar-refractivity contribution in [1.82, 2.24) is 9.88 Å². The molecule has 0 radical (unpaired) electrons. The van der Waals surface area contributed by atoms with Crippen LogP contribution in [0.4, 0.5) is 0 Å². The quantitative estimate of drug-likeness (QED) is 0.702. The largest absolute Gasteiger partial charge is 0.466 e. The third-order valence-corrected chi connectivity index (χ3v) is 5.46. The van der Waals surface area contributed by atoms with E-state index in [1.807, 2.05) is 37.8 Å². The summed E-state index contributed by atoms with van der Waals surface area (Å²) in [6.07, 6.45) is 0.748. The summed E-state index contributed by atoms with van der Waals surface area (Å²) in [5.74, 6) is 1.07. The zero-order chi connectivity index (χ0) is 19.3. The number of nitrogens with one attached hydrogen (secondary N) is 1. The lowest BCUT2D eigenvalue weighted by atomic mass is 10.0. The van der Waals surface area contributed by atoms with Gasteiger partial charge in [-0.15, -0.1) is 0 Å². The van der Waals surface area contributed by atoms with Gasteiger partial charge >= 0.3 is 5.97 Å². The van der Waals surface area contributed by atoms with Crippen LogP contribution >= 0.6 is 0 Å². The van der Waals surface area contributed by atoms with Gasteiger partial charge in [0.2, 0.25) is 0 Å². The second kappa shape index (κ2) is 6.30. The third kappa shape index (κ3) is 2.72.